The Morgan fingerprint density at radius 3 is 3.17 bits per heavy atom. The van der Waals surface area contributed by atoms with Gasteiger partial charge in [0.05, 0.1) is 19.2 Å². The molecule has 3 rings (SSSR count). The smallest absolute Gasteiger partial charge is 0.163 e. The molecule has 0 radical (unpaired) electrons. The summed E-state index contributed by atoms with van der Waals surface area (Å²) >= 11 is 0. The van der Waals surface area contributed by atoms with E-state index in [1.807, 2.05) is 18.2 Å². The second kappa shape index (κ2) is 7.39. The largest absolute Gasteiger partial charge is 0.493 e. The summed E-state index contributed by atoms with van der Waals surface area (Å²) in [6.45, 7) is 7.61. The molecule has 2 heterocycles. The minimum Gasteiger partial charge on any atom is -0.493 e. The molecule has 1 aliphatic heterocycles. The van der Waals surface area contributed by atoms with Gasteiger partial charge in [-0.15, -0.1) is 6.58 Å². The van der Waals surface area contributed by atoms with Crippen LogP contribution >= 0.6 is 0 Å². The van der Waals surface area contributed by atoms with Crippen molar-refractivity contribution in [2.75, 3.05) is 40.0 Å². The Labute approximate surface area is 135 Å². The lowest BCUT2D eigenvalue weighted by Gasteiger charge is -2.32. The van der Waals surface area contributed by atoms with Crippen LogP contribution < -0.4 is 9.47 Å². The predicted octanol–water partition coefficient (Wildman–Crippen LogP) is 1.90. The minimum absolute atomic E-state index is 0.0366. The molecule has 0 amide bonds. The molecule has 0 aliphatic carbocycles. The number of rotatable bonds is 6. The van der Waals surface area contributed by atoms with E-state index in [4.69, 9.17) is 14.2 Å². The molecule has 2 aromatic rings. The van der Waals surface area contributed by atoms with E-state index in [9.17, 15) is 0 Å². The molecule has 23 heavy (non-hydrogen) atoms. The average molecular weight is 315 g/mol. The third-order valence-electron chi connectivity index (χ3n) is 3.82. The normalized spacial score (nSPS) is 18.7. The van der Waals surface area contributed by atoms with Crippen molar-refractivity contribution in [2.45, 2.75) is 6.10 Å². The van der Waals surface area contributed by atoms with Crippen molar-refractivity contribution in [1.82, 2.24) is 14.9 Å². The van der Waals surface area contributed by atoms with E-state index in [2.05, 4.69) is 21.4 Å². The van der Waals surface area contributed by atoms with Gasteiger partial charge in [-0.1, -0.05) is 6.08 Å². The van der Waals surface area contributed by atoms with E-state index in [0.717, 1.165) is 30.5 Å². The Kier molecular flexibility index (Phi) is 5.05. The Morgan fingerprint density at radius 2 is 2.35 bits per heavy atom. The van der Waals surface area contributed by atoms with Crippen LogP contribution in [0.3, 0.4) is 0 Å². The highest BCUT2D eigenvalue weighted by molar-refractivity contribution is 5.81. The van der Waals surface area contributed by atoms with Crippen LogP contribution in [0.15, 0.2) is 37.3 Å². The zero-order valence-corrected chi connectivity index (χ0v) is 13.3. The molecule has 1 aromatic carbocycles. The van der Waals surface area contributed by atoms with E-state index in [1.54, 1.807) is 13.3 Å². The van der Waals surface area contributed by atoms with Gasteiger partial charge in [0.25, 0.3) is 0 Å². The first-order chi connectivity index (χ1) is 11.3. The molecule has 0 N–H and O–H groups in total. The van der Waals surface area contributed by atoms with Gasteiger partial charge in [0.2, 0.25) is 0 Å². The first kappa shape index (κ1) is 15.7. The number of benzene rings is 1. The highest BCUT2D eigenvalue weighted by Gasteiger charge is 2.21. The number of ether oxygens (including phenoxy) is 3. The van der Waals surface area contributed by atoms with Gasteiger partial charge in [-0.3, -0.25) is 4.90 Å². The summed E-state index contributed by atoms with van der Waals surface area (Å²) in [6, 6.07) is 3.76. The maximum Gasteiger partial charge on any atom is 0.163 e. The molecule has 0 saturated carbocycles. The Bertz CT molecular complexity index is 677. The topological polar surface area (TPSA) is 56.7 Å². The van der Waals surface area contributed by atoms with Gasteiger partial charge in [0.15, 0.2) is 11.5 Å². The van der Waals surface area contributed by atoms with Crippen LogP contribution in [0.4, 0.5) is 0 Å². The van der Waals surface area contributed by atoms with E-state index < -0.39 is 0 Å². The lowest BCUT2D eigenvalue weighted by atomic mass is 10.2. The summed E-state index contributed by atoms with van der Waals surface area (Å²) in [6.07, 6.45) is 5.23. The summed E-state index contributed by atoms with van der Waals surface area (Å²) < 4.78 is 17.1. The Morgan fingerprint density at radius 1 is 1.43 bits per heavy atom. The summed E-state index contributed by atoms with van der Waals surface area (Å²) in [5.74, 6) is 1.34. The second-order valence-corrected chi connectivity index (χ2v) is 5.44. The molecule has 6 nitrogen and oxygen atoms in total. The van der Waals surface area contributed by atoms with Crippen molar-refractivity contribution >= 4 is 10.9 Å². The summed E-state index contributed by atoms with van der Waals surface area (Å²) in [7, 11) is 1.63. The molecule has 0 bridgehead atoms. The zero-order valence-electron chi connectivity index (χ0n) is 13.3. The summed E-state index contributed by atoms with van der Waals surface area (Å²) in [5, 5.41) is 0.919. The van der Waals surface area contributed by atoms with E-state index in [-0.39, 0.29) is 6.10 Å². The molecule has 1 atom stereocenters. The number of methoxy groups -OCH3 is 1. The maximum atomic E-state index is 5.94. The van der Waals surface area contributed by atoms with E-state index in [0.29, 0.717) is 24.7 Å². The molecule has 1 fully saturated rings. The van der Waals surface area contributed by atoms with Crippen LogP contribution in [0.1, 0.15) is 0 Å². The number of fused-ring (bicyclic) bond motifs is 1. The van der Waals surface area contributed by atoms with Crippen LogP contribution in [-0.2, 0) is 4.74 Å². The SMILES string of the molecule is C=CCN1CCOC(COc2cc3ncncc3cc2OC)C1. The number of hydrogen-bond acceptors (Lipinski definition) is 6. The van der Waals surface area contributed by atoms with Gasteiger partial charge in [0, 0.05) is 37.3 Å². The molecular weight excluding hydrogens is 294 g/mol. The number of aromatic nitrogens is 2. The third kappa shape index (κ3) is 3.78. The Balaban J connectivity index is 1.69. The fourth-order valence-electron chi connectivity index (χ4n) is 2.67. The van der Waals surface area contributed by atoms with Crippen molar-refractivity contribution in [3.05, 3.63) is 37.3 Å². The summed E-state index contributed by atoms with van der Waals surface area (Å²) in [5.41, 5.74) is 0.827. The number of nitrogens with zero attached hydrogens (tertiary/aromatic N) is 3. The number of hydrogen-bond donors (Lipinski definition) is 0. The van der Waals surface area contributed by atoms with Gasteiger partial charge in [-0.25, -0.2) is 9.97 Å². The van der Waals surface area contributed by atoms with Gasteiger partial charge < -0.3 is 14.2 Å². The van der Waals surface area contributed by atoms with Crippen LogP contribution in [0, 0.1) is 0 Å². The Hall–Kier alpha value is -2.18. The highest BCUT2D eigenvalue weighted by Crippen LogP contribution is 2.31. The van der Waals surface area contributed by atoms with Gasteiger partial charge in [-0.2, -0.15) is 0 Å². The van der Waals surface area contributed by atoms with E-state index >= 15 is 0 Å². The van der Waals surface area contributed by atoms with Crippen molar-refractivity contribution in [2.24, 2.45) is 0 Å². The maximum absolute atomic E-state index is 5.94. The predicted molar refractivity (Wildman–Crippen MR) is 88.0 cm³/mol. The summed E-state index contributed by atoms with van der Waals surface area (Å²) in [4.78, 5) is 10.6. The standard InChI is InChI=1S/C17H21N3O3/c1-3-4-20-5-6-22-14(10-20)11-23-17-8-15-13(7-16(17)21-2)9-18-12-19-15/h3,7-9,12,14H,1,4-6,10-11H2,2H3. The minimum atomic E-state index is 0.0366. The van der Waals surface area contributed by atoms with Crippen molar-refractivity contribution in [3.63, 3.8) is 0 Å². The average Bonchev–Trinajstić information content (AvgIpc) is 2.59. The fraction of sp³-hybridized carbons (Fsp3) is 0.412. The number of morpholine rings is 1. The van der Waals surface area contributed by atoms with Crippen molar-refractivity contribution in [1.29, 1.82) is 0 Å². The lowest BCUT2D eigenvalue weighted by Crippen LogP contribution is -2.44. The van der Waals surface area contributed by atoms with Crippen LogP contribution in [-0.4, -0.2) is 60.9 Å². The molecule has 1 aliphatic rings. The van der Waals surface area contributed by atoms with Crippen molar-refractivity contribution in [3.8, 4) is 11.5 Å². The van der Waals surface area contributed by atoms with Crippen LogP contribution in [0.5, 0.6) is 11.5 Å². The fourth-order valence-corrected chi connectivity index (χ4v) is 2.67. The van der Waals surface area contributed by atoms with Crippen LogP contribution in [0.25, 0.3) is 10.9 Å². The molecule has 1 saturated heterocycles. The monoisotopic (exact) mass is 315 g/mol. The molecule has 1 unspecified atom stereocenters. The van der Waals surface area contributed by atoms with Crippen molar-refractivity contribution < 1.29 is 14.2 Å². The van der Waals surface area contributed by atoms with Crippen LogP contribution in [0.2, 0.25) is 0 Å². The van der Waals surface area contributed by atoms with Gasteiger partial charge in [-0.05, 0) is 6.07 Å². The quantitative estimate of drug-likeness (QED) is 0.759. The lowest BCUT2D eigenvalue weighted by molar-refractivity contribution is -0.0448. The first-order valence-corrected chi connectivity index (χ1v) is 7.65. The van der Waals surface area contributed by atoms with Gasteiger partial charge in [0.1, 0.15) is 19.0 Å². The molecule has 6 heteroatoms. The molecule has 0 spiro atoms. The highest BCUT2D eigenvalue weighted by atomic mass is 16.5. The molecule has 1 aromatic heterocycles. The first-order valence-electron chi connectivity index (χ1n) is 7.65. The zero-order chi connectivity index (χ0) is 16.1. The van der Waals surface area contributed by atoms with E-state index in [1.165, 1.54) is 6.33 Å². The molecule has 122 valence electrons. The molecular formula is C17H21N3O3. The second-order valence-electron chi connectivity index (χ2n) is 5.44. The van der Waals surface area contributed by atoms with Gasteiger partial charge >= 0.3 is 0 Å². The third-order valence-corrected chi connectivity index (χ3v) is 3.82.